The van der Waals surface area contributed by atoms with E-state index in [2.05, 4.69) is 150 Å². The summed E-state index contributed by atoms with van der Waals surface area (Å²) in [5.41, 5.74) is 2.30. The molecule has 0 saturated heterocycles. The summed E-state index contributed by atoms with van der Waals surface area (Å²) in [7, 11) is -3.96. The molecule has 5 heteroatoms. The van der Waals surface area contributed by atoms with Crippen LogP contribution >= 0.6 is 18.6 Å². The van der Waals surface area contributed by atoms with Crippen LogP contribution in [-0.4, -0.2) is 25.6 Å². The van der Waals surface area contributed by atoms with Crippen molar-refractivity contribution >= 4 is 48.9 Å². The van der Waals surface area contributed by atoms with Crippen LogP contribution in [0.1, 0.15) is 44.8 Å². The second-order valence-electron chi connectivity index (χ2n) is 11.9. The van der Waals surface area contributed by atoms with E-state index in [9.17, 15) is 0 Å². The molecule has 0 fully saturated rings. The van der Waals surface area contributed by atoms with E-state index in [0.717, 1.165) is 23.3 Å². The second-order valence-corrected chi connectivity index (χ2v) is 21.3. The highest BCUT2D eigenvalue weighted by Gasteiger charge is 2.46. The van der Waals surface area contributed by atoms with Crippen LogP contribution in [0.4, 0.5) is 0 Å². The van der Waals surface area contributed by atoms with Crippen molar-refractivity contribution in [2.75, 3.05) is 6.16 Å². The number of nitrogens with zero attached hydrogens (tertiary/aromatic N) is 1. The van der Waals surface area contributed by atoms with Gasteiger partial charge in [-0.05, 0) is 80.0 Å². The zero-order chi connectivity index (χ0) is 28.1. The largest absolute Gasteiger partial charge is 0.410 e. The summed E-state index contributed by atoms with van der Waals surface area (Å²) >= 11 is 1.70. The van der Waals surface area contributed by atoms with Gasteiger partial charge in [-0.15, -0.1) is 11.3 Å². The van der Waals surface area contributed by atoms with Crippen LogP contribution < -0.4 is 15.9 Å². The molecular formula is C34H43NOPSSi+. The summed E-state index contributed by atoms with van der Waals surface area (Å²) in [4.78, 5) is 4.73. The number of hydrogen-bond acceptors (Lipinski definition) is 3. The lowest BCUT2D eigenvalue weighted by molar-refractivity contribution is 0.211. The summed E-state index contributed by atoms with van der Waals surface area (Å²) < 4.78 is 7.21. The Morgan fingerprint density at radius 2 is 1.33 bits per heavy atom. The van der Waals surface area contributed by atoms with Crippen molar-refractivity contribution in [3.05, 3.63) is 113 Å². The minimum absolute atomic E-state index is 0.0309. The first-order valence-electron chi connectivity index (χ1n) is 13.9. The first kappa shape index (κ1) is 29.6. The van der Waals surface area contributed by atoms with Crippen LogP contribution in [0.3, 0.4) is 0 Å². The zero-order valence-electron chi connectivity index (χ0n) is 24.5. The number of aryl methyl sites for hydroxylation is 1. The van der Waals surface area contributed by atoms with Crippen LogP contribution in [0.15, 0.2) is 102 Å². The van der Waals surface area contributed by atoms with Crippen molar-refractivity contribution in [1.82, 2.24) is 4.98 Å². The maximum absolute atomic E-state index is 7.21. The lowest BCUT2D eigenvalue weighted by atomic mass is 10.1. The normalized spacial score (nSPS) is 13.9. The molecule has 0 N–H and O–H groups in total. The predicted octanol–water partition coefficient (Wildman–Crippen LogP) is 8.63. The highest BCUT2D eigenvalue weighted by molar-refractivity contribution is 7.95. The number of rotatable bonds is 10. The Balaban J connectivity index is 1.82. The van der Waals surface area contributed by atoms with Crippen LogP contribution in [0.25, 0.3) is 6.08 Å². The smallest absolute Gasteiger partial charge is 0.192 e. The van der Waals surface area contributed by atoms with E-state index < -0.39 is 15.6 Å². The van der Waals surface area contributed by atoms with E-state index in [1.54, 1.807) is 11.3 Å². The fraction of sp³-hybridized carbons (Fsp3) is 0.324. The molecule has 4 aromatic rings. The van der Waals surface area contributed by atoms with Crippen molar-refractivity contribution in [1.29, 1.82) is 0 Å². The van der Waals surface area contributed by atoms with Gasteiger partial charge in [0, 0.05) is 11.8 Å². The van der Waals surface area contributed by atoms with Crippen molar-refractivity contribution in [3.8, 4) is 0 Å². The number of aromatic nitrogens is 1. The maximum atomic E-state index is 7.21. The molecule has 1 heterocycles. The molecule has 0 radical (unpaired) electrons. The highest BCUT2D eigenvalue weighted by atomic mass is 32.1. The zero-order valence-corrected chi connectivity index (χ0v) is 27.2. The molecule has 39 heavy (non-hydrogen) atoms. The van der Waals surface area contributed by atoms with Gasteiger partial charge in [-0.25, -0.2) is 4.98 Å². The highest BCUT2D eigenvalue weighted by Crippen LogP contribution is 2.56. The van der Waals surface area contributed by atoms with E-state index in [1.807, 2.05) is 0 Å². The Kier molecular flexibility index (Phi) is 9.44. The topological polar surface area (TPSA) is 22.1 Å². The monoisotopic (exact) mass is 572 g/mol. The minimum atomic E-state index is -2.02. The molecule has 1 atom stereocenters. The van der Waals surface area contributed by atoms with E-state index in [4.69, 9.17) is 9.41 Å². The molecule has 3 aromatic carbocycles. The van der Waals surface area contributed by atoms with Gasteiger partial charge < -0.3 is 4.43 Å². The summed E-state index contributed by atoms with van der Waals surface area (Å²) in [6, 6.07) is 33.5. The molecule has 0 amide bonds. The molecule has 204 valence electrons. The van der Waals surface area contributed by atoms with Crippen molar-refractivity contribution in [2.24, 2.45) is 0 Å². The molecule has 1 aromatic heterocycles. The number of hydrogen-bond donors (Lipinski definition) is 0. The van der Waals surface area contributed by atoms with Crippen molar-refractivity contribution in [3.63, 3.8) is 0 Å². The Morgan fingerprint density at radius 3 is 1.72 bits per heavy atom. The molecule has 2 nitrogen and oxygen atoms in total. The third kappa shape index (κ3) is 6.87. The fourth-order valence-electron chi connectivity index (χ4n) is 4.88. The van der Waals surface area contributed by atoms with Gasteiger partial charge in [0.2, 0.25) is 0 Å². The van der Waals surface area contributed by atoms with Gasteiger partial charge in [0.05, 0.1) is 23.0 Å². The Bertz CT molecular complexity index is 1260. The minimum Gasteiger partial charge on any atom is -0.410 e. The van der Waals surface area contributed by atoms with Crippen LogP contribution in [0.2, 0.25) is 18.1 Å². The first-order chi connectivity index (χ1) is 18.5. The number of thiazole rings is 1. The van der Waals surface area contributed by atoms with E-state index >= 15 is 0 Å². The lowest BCUT2D eigenvalue weighted by Gasteiger charge is -2.40. The van der Waals surface area contributed by atoms with Crippen LogP contribution in [0.5, 0.6) is 0 Å². The van der Waals surface area contributed by atoms with Gasteiger partial charge in [-0.2, -0.15) is 0 Å². The van der Waals surface area contributed by atoms with E-state index in [-0.39, 0.29) is 11.1 Å². The molecule has 0 saturated carbocycles. The summed E-state index contributed by atoms with van der Waals surface area (Å²) in [5, 5.41) is 7.64. The molecule has 0 aliphatic rings. The average molecular weight is 573 g/mol. The molecule has 4 rings (SSSR count). The van der Waals surface area contributed by atoms with Crippen molar-refractivity contribution < 1.29 is 4.43 Å². The molecule has 0 spiro atoms. The van der Waals surface area contributed by atoms with Gasteiger partial charge in [0.15, 0.2) is 8.32 Å². The first-order valence-corrected chi connectivity index (χ1v) is 19.6. The molecule has 0 aliphatic carbocycles. The van der Waals surface area contributed by atoms with Gasteiger partial charge in [-0.1, -0.05) is 75.4 Å². The van der Waals surface area contributed by atoms with E-state index in [0.29, 0.717) is 0 Å². The third-order valence-corrected chi connectivity index (χ3v) is 17.8. The van der Waals surface area contributed by atoms with Crippen LogP contribution in [-0.2, 0) is 4.43 Å². The molecule has 0 aliphatic heterocycles. The van der Waals surface area contributed by atoms with Gasteiger partial charge in [0.25, 0.3) is 0 Å². The van der Waals surface area contributed by atoms with Crippen molar-refractivity contribution in [2.45, 2.75) is 65.3 Å². The van der Waals surface area contributed by atoms with Gasteiger partial charge >= 0.3 is 0 Å². The molecular weight excluding hydrogens is 530 g/mol. The van der Waals surface area contributed by atoms with Gasteiger partial charge in [0.1, 0.15) is 23.2 Å². The quantitative estimate of drug-likeness (QED) is 0.140. The maximum Gasteiger partial charge on any atom is 0.192 e. The summed E-state index contributed by atoms with van der Waals surface area (Å²) in [6.45, 7) is 16.0. The van der Waals surface area contributed by atoms with Gasteiger partial charge in [-0.3, -0.25) is 0 Å². The number of benzene rings is 3. The lowest BCUT2D eigenvalue weighted by Crippen LogP contribution is -2.45. The third-order valence-electron chi connectivity index (χ3n) is 8.08. The summed E-state index contributed by atoms with van der Waals surface area (Å²) in [5.74, 6) is 0. The molecule has 1 unspecified atom stereocenters. The second kappa shape index (κ2) is 12.4. The van der Waals surface area contributed by atoms with Crippen LogP contribution in [0, 0.1) is 6.92 Å². The fourth-order valence-corrected chi connectivity index (χ4v) is 11.2. The standard InChI is InChI=1S/C34H43NOPSSi/c1-27(25-29-26-38-28(2)35-29)33(36-39(6,7)34(3,4)5)23-24-37(30-17-11-8-12-18-30,31-19-13-9-14-20-31)32-21-15-10-16-22-32/h8-22,25-26,33H,23-24H2,1-7H3/q+1/b27-25+. The SMILES string of the molecule is C/C(=C\c1csc(C)n1)C(CC[P+](c1ccccc1)(c1ccccc1)c1ccccc1)O[Si](C)(C)C(C)(C)C. The Morgan fingerprint density at radius 1 is 0.872 bits per heavy atom. The Hall–Kier alpha value is -2.36. The average Bonchev–Trinajstić information content (AvgIpc) is 3.33. The molecule has 0 bridgehead atoms. The summed E-state index contributed by atoms with van der Waals surface area (Å²) in [6.07, 6.45) is 4.26. The van der Waals surface area contributed by atoms with E-state index in [1.165, 1.54) is 21.5 Å². The Labute approximate surface area is 241 Å². The predicted molar refractivity (Wildman–Crippen MR) is 177 cm³/mol.